The number of hydrogen-bond acceptors (Lipinski definition) is 4. The maximum atomic E-state index is 12.0. The fourth-order valence-electron chi connectivity index (χ4n) is 3.80. The summed E-state index contributed by atoms with van der Waals surface area (Å²) < 4.78 is 11.8. The van der Waals surface area contributed by atoms with Crippen LogP contribution in [0.1, 0.15) is 54.9 Å². The normalized spacial score (nSPS) is 20.7. The van der Waals surface area contributed by atoms with Gasteiger partial charge in [0.1, 0.15) is 0 Å². The van der Waals surface area contributed by atoms with Gasteiger partial charge in [0, 0.05) is 17.2 Å². The average Bonchev–Trinajstić information content (AvgIpc) is 3.10. The summed E-state index contributed by atoms with van der Waals surface area (Å²) in [6.45, 7) is 0. The fourth-order valence-corrected chi connectivity index (χ4v) is 4.78. The molecular formula is C20H23NO3S. The molecule has 1 unspecified atom stereocenters. The molecule has 1 atom stereocenters. The maximum Gasteiger partial charge on any atom is 0.225 e. The Morgan fingerprint density at radius 3 is 2.76 bits per heavy atom. The van der Waals surface area contributed by atoms with Crippen LogP contribution in [0.4, 0.5) is 5.69 Å². The number of amides is 1. The Morgan fingerprint density at radius 2 is 1.96 bits per heavy atom. The molecule has 4 rings (SSSR count). The zero-order valence-electron chi connectivity index (χ0n) is 14.4. The van der Waals surface area contributed by atoms with Crippen molar-refractivity contribution in [3.8, 4) is 11.5 Å². The molecule has 25 heavy (non-hydrogen) atoms. The summed E-state index contributed by atoms with van der Waals surface area (Å²) in [4.78, 5) is 13.2. The third-order valence-corrected chi connectivity index (χ3v) is 6.14. The van der Waals surface area contributed by atoms with Gasteiger partial charge in [-0.05, 0) is 54.8 Å². The third kappa shape index (κ3) is 3.38. The summed E-state index contributed by atoms with van der Waals surface area (Å²) in [6.07, 6.45) is 6.78. The zero-order valence-corrected chi connectivity index (χ0v) is 15.2. The van der Waals surface area contributed by atoms with E-state index in [1.165, 1.54) is 24.1 Å². The molecule has 1 aromatic carbocycles. The summed E-state index contributed by atoms with van der Waals surface area (Å²) in [5, 5.41) is 4.98. The van der Waals surface area contributed by atoms with Crippen LogP contribution in [0.15, 0.2) is 29.6 Å². The Hall–Kier alpha value is -2.01. The van der Waals surface area contributed by atoms with Crippen LogP contribution in [0.3, 0.4) is 0 Å². The number of ether oxygens (including phenoxy) is 2. The topological polar surface area (TPSA) is 47.6 Å². The number of rotatable bonds is 4. The fraction of sp³-hybridized carbons (Fsp3) is 0.450. The van der Waals surface area contributed by atoms with Gasteiger partial charge in [0.25, 0.3) is 0 Å². The van der Waals surface area contributed by atoms with Gasteiger partial charge in [-0.1, -0.05) is 12.5 Å². The van der Waals surface area contributed by atoms with Gasteiger partial charge in [-0.2, -0.15) is 0 Å². The number of carbonyl (C=O) groups is 1. The highest BCUT2D eigenvalue weighted by Gasteiger charge is 2.28. The van der Waals surface area contributed by atoms with Crippen molar-refractivity contribution in [2.24, 2.45) is 0 Å². The minimum absolute atomic E-state index is 0.0670. The maximum absolute atomic E-state index is 12.0. The van der Waals surface area contributed by atoms with Gasteiger partial charge in [-0.25, -0.2) is 0 Å². The summed E-state index contributed by atoms with van der Waals surface area (Å²) >= 11 is 1.69. The van der Waals surface area contributed by atoms with E-state index in [0.717, 1.165) is 35.6 Å². The monoisotopic (exact) mass is 357 g/mol. The summed E-state index contributed by atoms with van der Waals surface area (Å²) in [6, 6.07) is 8.09. The van der Waals surface area contributed by atoms with Gasteiger partial charge in [-0.3, -0.25) is 4.79 Å². The first-order valence-electron chi connectivity index (χ1n) is 8.96. The van der Waals surface area contributed by atoms with E-state index in [4.69, 9.17) is 9.47 Å². The number of hydrogen-bond donors (Lipinski definition) is 1. The number of carbonyl (C=O) groups excluding carboxylic acids is 1. The van der Waals surface area contributed by atoms with Crippen LogP contribution in [0.2, 0.25) is 0 Å². The van der Waals surface area contributed by atoms with Crippen LogP contribution in [0.5, 0.6) is 11.5 Å². The Kier molecular flexibility index (Phi) is 4.66. The van der Waals surface area contributed by atoms with E-state index < -0.39 is 0 Å². The van der Waals surface area contributed by atoms with Crippen molar-refractivity contribution >= 4 is 22.9 Å². The molecule has 0 spiro atoms. The molecule has 1 fully saturated rings. The molecule has 2 aliphatic rings. The molecule has 1 aliphatic heterocycles. The van der Waals surface area contributed by atoms with Crippen molar-refractivity contribution in [2.75, 3.05) is 12.4 Å². The molecule has 2 aromatic rings. The van der Waals surface area contributed by atoms with E-state index in [9.17, 15) is 4.79 Å². The van der Waals surface area contributed by atoms with Crippen molar-refractivity contribution < 1.29 is 14.3 Å². The average molecular weight is 357 g/mol. The first kappa shape index (κ1) is 16.5. The second kappa shape index (κ2) is 7.08. The molecule has 5 heteroatoms. The van der Waals surface area contributed by atoms with Gasteiger partial charge < -0.3 is 14.8 Å². The van der Waals surface area contributed by atoms with Gasteiger partial charge in [-0.15, -0.1) is 11.3 Å². The minimum atomic E-state index is 0.0670. The van der Waals surface area contributed by atoms with Gasteiger partial charge in [0.15, 0.2) is 11.5 Å². The van der Waals surface area contributed by atoms with Crippen LogP contribution in [0, 0.1) is 0 Å². The van der Waals surface area contributed by atoms with E-state index in [1.54, 1.807) is 18.4 Å². The summed E-state index contributed by atoms with van der Waals surface area (Å²) in [5.41, 5.74) is 2.04. The molecule has 1 N–H and O–H groups in total. The largest absolute Gasteiger partial charge is 0.493 e. The molecule has 4 nitrogen and oxygen atoms in total. The molecule has 1 aliphatic carbocycles. The van der Waals surface area contributed by atoms with Crippen LogP contribution in [-0.4, -0.2) is 19.1 Å². The molecule has 2 heterocycles. The van der Waals surface area contributed by atoms with Crippen molar-refractivity contribution in [2.45, 2.75) is 50.5 Å². The molecule has 0 radical (unpaired) electrons. The lowest BCUT2D eigenvalue weighted by atomic mass is 9.90. The third-order valence-electron chi connectivity index (χ3n) is 5.11. The lowest BCUT2D eigenvalue weighted by Gasteiger charge is -2.26. The van der Waals surface area contributed by atoms with Crippen molar-refractivity contribution in [1.29, 1.82) is 0 Å². The first-order chi connectivity index (χ1) is 12.2. The highest BCUT2D eigenvalue weighted by atomic mass is 32.1. The first-order valence-corrected chi connectivity index (χ1v) is 9.84. The van der Waals surface area contributed by atoms with E-state index in [2.05, 4.69) is 11.4 Å². The Morgan fingerprint density at radius 1 is 1.12 bits per heavy atom. The predicted octanol–water partition coefficient (Wildman–Crippen LogP) is 4.94. The molecule has 1 amide bonds. The lowest BCUT2D eigenvalue weighted by molar-refractivity contribution is -0.116. The van der Waals surface area contributed by atoms with Crippen LogP contribution in [0.25, 0.3) is 0 Å². The second-order valence-corrected chi connectivity index (χ2v) is 7.74. The summed E-state index contributed by atoms with van der Waals surface area (Å²) in [5.74, 6) is 1.72. The summed E-state index contributed by atoms with van der Waals surface area (Å²) in [7, 11) is 1.68. The molecule has 0 bridgehead atoms. The van der Waals surface area contributed by atoms with Crippen molar-refractivity contribution in [1.82, 2.24) is 0 Å². The van der Waals surface area contributed by atoms with Crippen molar-refractivity contribution in [3.63, 3.8) is 0 Å². The molecule has 1 aromatic heterocycles. The highest BCUT2D eigenvalue weighted by molar-refractivity contribution is 7.10. The number of nitrogens with one attached hydrogen (secondary N) is 1. The smallest absolute Gasteiger partial charge is 0.225 e. The van der Waals surface area contributed by atoms with Crippen LogP contribution < -0.4 is 14.8 Å². The molecule has 0 saturated heterocycles. The number of thiophene rings is 1. The van der Waals surface area contributed by atoms with Crippen LogP contribution >= 0.6 is 11.3 Å². The predicted molar refractivity (Wildman–Crippen MR) is 99.9 cm³/mol. The number of fused-ring (bicyclic) bond motifs is 1. The number of anilines is 1. The van der Waals surface area contributed by atoms with Crippen molar-refractivity contribution in [3.05, 3.63) is 40.1 Å². The number of benzene rings is 1. The molecular weight excluding hydrogens is 334 g/mol. The SMILES string of the molecule is COc1cc(C2CC(=O)Nc3ccsc32)ccc1OC1CCCCC1. The molecule has 1 saturated carbocycles. The Balaban J connectivity index is 1.60. The molecule has 132 valence electrons. The standard InChI is InChI=1S/C20H23NO3S/c1-23-18-11-13(7-8-17(18)24-14-5-3-2-4-6-14)15-12-19(22)21-16-9-10-25-20(15)16/h7-11,14-15H,2-6,12H2,1H3,(H,21,22). The minimum Gasteiger partial charge on any atom is -0.493 e. The Bertz CT molecular complexity index is 764. The number of methoxy groups -OCH3 is 1. The highest BCUT2D eigenvalue weighted by Crippen LogP contribution is 2.43. The second-order valence-electron chi connectivity index (χ2n) is 6.79. The van der Waals surface area contributed by atoms with Crippen LogP contribution in [-0.2, 0) is 4.79 Å². The van der Waals surface area contributed by atoms with Gasteiger partial charge >= 0.3 is 0 Å². The zero-order chi connectivity index (χ0) is 17.2. The lowest BCUT2D eigenvalue weighted by Crippen LogP contribution is -2.22. The quantitative estimate of drug-likeness (QED) is 0.843. The van der Waals surface area contributed by atoms with E-state index in [1.807, 2.05) is 23.6 Å². The van der Waals surface area contributed by atoms with E-state index >= 15 is 0 Å². The Labute approximate surface area is 152 Å². The van der Waals surface area contributed by atoms with E-state index in [-0.39, 0.29) is 17.9 Å². The van der Waals surface area contributed by atoms with Gasteiger partial charge in [0.05, 0.1) is 18.9 Å². The van der Waals surface area contributed by atoms with E-state index in [0.29, 0.717) is 6.42 Å². The van der Waals surface area contributed by atoms with Gasteiger partial charge in [0.2, 0.25) is 5.91 Å².